The van der Waals surface area contributed by atoms with Crippen molar-refractivity contribution < 1.29 is 39.3 Å². The minimum absolute atomic E-state index is 0.0139. The summed E-state index contributed by atoms with van der Waals surface area (Å²) in [5, 5.41) is 36.3. The number of phenolic OH excluding ortho intramolecular Hbond substituents is 2. The molecule has 44 heavy (non-hydrogen) atoms. The summed E-state index contributed by atoms with van der Waals surface area (Å²) in [6, 6.07) is 15.2. The van der Waals surface area contributed by atoms with Crippen LogP contribution in [0.15, 0.2) is 78.9 Å². The maximum Gasteiger partial charge on any atom is 0.326 e. The average molecular weight is 606 g/mol. The zero-order valence-corrected chi connectivity index (χ0v) is 23.7. The van der Waals surface area contributed by atoms with Gasteiger partial charge in [0.1, 0.15) is 29.6 Å². The normalized spacial score (nSPS) is 13.5. The average Bonchev–Trinajstić information content (AvgIpc) is 2.98. The van der Waals surface area contributed by atoms with Gasteiger partial charge in [0.2, 0.25) is 23.6 Å². The molecule has 0 bridgehead atoms. The van der Waals surface area contributed by atoms with Gasteiger partial charge >= 0.3 is 5.97 Å². The highest BCUT2D eigenvalue weighted by Crippen LogP contribution is 2.14. The van der Waals surface area contributed by atoms with Crippen molar-refractivity contribution in [3.8, 4) is 11.5 Å². The lowest BCUT2D eigenvalue weighted by atomic mass is 10.0. The van der Waals surface area contributed by atoms with E-state index in [4.69, 9.17) is 11.5 Å². The Morgan fingerprint density at radius 2 is 1.02 bits per heavy atom. The maximum atomic E-state index is 13.4. The van der Waals surface area contributed by atoms with Crippen LogP contribution in [-0.4, -0.2) is 69.1 Å². The van der Waals surface area contributed by atoms with Gasteiger partial charge in [0.25, 0.3) is 0 Å². The first-order valence-electron chi connectivity index (χ1n) is 13.7. The molecular formula is C31H35N5O8. The summed E-state index contributed by atoms with van der Waals surface area (Å²) >= 11 is 0. The molecule has 0 aliphatic carbocycles. The molecule has 0 fully saturated rings. The minimum Gasteiger partial charge on any atom is -0.508 e. The summed E-state index contributed by atoms with van der Waals surface area (Å²) in [4.78, 5) is 63.4. The second-order valence-electron chi connectivity index (χ2n) is 10.2. The third-order valence-electron chi connectivity index (χ3n) is 6.67. The predicted octanol–water partition coefficient (Wildman–Crippen LogP) is -0.133. The van der Waals surface area contributed by atoms with Crippen molar-refractivity contribution in [2.75, 3.05) is 0 Å². The van der Waals surface area contributed by atoms with Gasteiger partial charge in [-0.15, -0.1) is 0 Å². The van der Waals surface area contributed by atoms with Gasteiger partial charge in [0, 0.05) is 12.8 Å². The molecule has 13 heteroatoms. The van der Waals surface area contributed by atoms with Gasteiger partial charge in [0.15, 0.2) is 0 Å². The molecule has 0 aromatic heterocycles. The van der Waals surface area contributed by atoms with E-state index in [-0.39, 0.29) is 30.8 Å². The Bertz CT molecular complexity index is 1450. The second kappa shape index (κ2) is 15.7. The Morgan fingerprint density at radius 1 is 0.591 bits per heavy atom. The lowest BCUT2D eigenvalue weighted by Crippen LogP contribution is -2.58. The lowest BCUT2D eigenvalue weighted by molar-refractivity contribution is -0.142. The molecule has 3 rings (SSSR count). The van der Waals surface area contributed by atoms with Crippen molar-refractivity contribution in [3.05, 3.63) is 95.6 Å². The van der Waals surface area contributed by atoms with Crippen LogP contribution in [0.2, 0.25) is 0 Å². The van der Waals surface area contributed by atoms with Gasteiger partial charge in [-0.3, -0.25) is 19.2 Å². The van der Waals surface area contributed by atoms with Gasteiger partial charge in [0.05, 0.1) is 12.5 Å². The number of carbonyl (C=O) groups excluding carboxylic acids is 4. The van der Waals surface area contributed by atoms with Gasteiger partial charge in [-0.1, -0.05) is 54.6 Å². The summed E-state index contributed by atoms with van der Waals surface area (Å²) in [6.07, 6.45) is -0.697. The number of nitrogens with one attached hydrogen (secondary N) is 3. The monoisotopic (exact) mass is 605 g/mol. The minimum atomic E-state index is -1.48. The molecule has 4 amide bonds. The Morgan fingerprint density at radius 3 is 1.52 bits per heavy atom. The quantitative estimate of drug-likeness (QED) is 0.115. The third kappa shape index (κ3) is 10.4. The van der Waals surface area contributed by atoms with Gasteiger partial charge in [-0.2, -0.15) is 0 Å². The van der Waals surface area contributed by atoms with Crippen LogP contribution in [0.25, 0.3) is 0 Å². The molecule has 0 radical (unpaired) electrons. The largest absolute Gasteiger partial charge is 0.508 e. The van der Waals surface area contributed by atoms with E-state index in [2.05, 4.69) is 16.0 Å². The zero-order valence-electron chi connectivity index (χ0n) is 23.7. The van der Waals surface area contributed by atoms with E-state index in [1.165, 1.54) is 48.5 Å². The lowest BCUT2D eigenvalue weighted by Gasteiger charge is -2.25. The third-order valence-corrected chi connectivity index (χ3v) is 6.67. The fourth-order valence-corrected chi connectivity index (χ4v) is 4.34. The topological polar surface area (TPSA) is 234 Å². The molecule has 4 unspecified atom stereocenters. The number of nitrogens with two attached hydrogens (primary N) is 2. The Balaban J connectivity index is 1.79. The summed E-state index contributed by atoms with van der Waals surface area (Å²) < 4.78 is 0. The molecule has 4 atom stereocenters. The summed E-state index contributed by atoms with van der Waals surface area (Å²) in [5.74, 6) is -4.80. The highest BCUT2D eigenvalue weighted by Gasteiger charge is 2.31. The van der Waals surface area contributed by atoms with E-state index in [1.54, 1.807) is 30.3 Å². The van der Waals surface area contributed by atoms with E-state index in [9.17, 15) is 39.3 Å². The van der Waals surface area contributed by atoms with Gasteiger partial charge in [-0.05, 0) is 47.4 Å². The van der Waals surface area contributed by atoms with Crippen molar-refractivity contribution in [2.45, 2.75) is 49.9 Å². The number of hydrogen-bond donors (Lipinski definition) is 8. The Labute approximate surface area is 253 Å². The van der Waals surface area contributed by atoms with Gasteiger partial charge in [-0.25, -0.2) is 4.79 Å². The summed E-state index contributed by atoms with van der Waals surface area (Å²) in [6.45, 7) is 0. The van der Waals surface area contributed by atoms with E-state index >= 15 is 0 Å². The van der Waals surface area contributed by atoms with E-state index < -0.39 is 60.2 Å². The molecule has 3 aromatic rings. The Kier molecular flexibility index (Phi) is 11.8. The summed E-state index contributed by atoms with van der Waals surface area (Å²) in [5.41, 5.74) is 13.2. The first-order valence-corrected chi connectivity index (χ1v) is 13.7. The van der Waals surface area contributed by atoms with Crippen molar-refractivity contribution in [3.63, 3.8) is 0 Å². The van der Waals surface area contributed by atoms with Crippen molar-refractivity contribution in [1.82, 2.24) is 16.0 Å². The predicted molar refractivity (Wildman–Crippen MR) is 159 cm³/mol. The number of carboxylic acid groups (broad SMARTS) is 1. The smallest absolute Gasteiger partial charge is 0.326 e. The fraction of sp³-hybridized carbons (Fsp3) is 0.258. The van der Waals surface area contributed by atoms with Crippen LogP contribution in [0, 0.1) is 0 Å². The molecule has 0 aliphatic rings. The standard InChI is InChI=1S/C31H35N5O8/c32-23(14-18-4-2-1-3-5-18)28(40)34-25(17-27(33)39)30(42)35-24(15-19-6-10-21(37)11-7-19)29(41)36-26(31(43)44)16-20-8-12-22(38)13-9-20/h1-13,23-26,37-38H,14-17,32H2,(H2,33,39)(H,34,40)(H,35,42)(H,36,41)(H,43,44). The Hall–Kier alpha value is -5.43. The first kappa shape index (κ1) is 33.1. The highest BCUT2D eigenvalue weighted by molar-refractivity contribution is 5.96. The molecule has 232 valence electrons. The van der Waals surface area contributed by atoms with E-state index in [1.807, 2.05) is 0 Å². The number of carbonyl (C=O) groups is 5. The van der Waals surface area contributed by atoms with Crippen LogP contribution in [-0.2, 0) is 43.2 Å². The van der Waals surface area contributed by atoms with Gasteiger partial charge < -0.3 is 42.7 Å². The van der Waals surface area contributed by atoms with E-state index in [0.717, 1.165) is 5.56 Å². The van der Waals surface area contributed by atoms with E-state index in [0.29, 0.717) is 11.1 Å². The van der Waals surface area contributed by atoms with Crippen LogP contribution in [0.5, 0.6) is 11.5 Å². The molecule has 3 aromatic carbocycles. The van der Waals surface area contributed by atoms with Crippen molar-refractivity contribution >= 4 is 29.6 Å². The van der Waals surface area contributed by atoms with Crippen molar-refractivity contribution in [2.24, 2.45) is 11.5 Å². The molecule has 13 nitrogen and oxygen atoms in total. The molecule has 0 heterocycles. The number of phenols is 2. The zero-order chi connectivity index (χ0) is 32.2. The van der Waals surface area contributed by atoms with Crippen LogP contribution >= 0.6 is 0 Å². The number of carboxylic acids is 1. The number of hydrogen-bond acceptors (Lipinski definition) is 8. The second-order valence-corrected chi connectivity index (χ2v) is 10.2. The number of aliphatic carboxylic acids is 1. The number of primary amides is 1. The molecule has 0 saturated heterocycles. The number of aromatic hydroxyl groups is 2. The van der Waals surface area contributed by atoms with Crippen LogP contribution in [0.4, 0.5) is 0 Å². The van der Waals surface area contributed by atoms with Crippen LogP contribution in [0.1, 0.15) is 23.1 Å². The fourth-order valence-electron chi connectivity index (χ4n) is 4.34. The molecular weight excluding hydrogens is 570 g/mol. The first-order chi connectivity index (χ1) is 20.9. The van der Waals surface area contributed by atoms with Crippen LogP contribution in [0.3, 0.4) is 0 Å². The number of amides is 4. The van der Waals surface area contributed by atoms with Crippen LogP contribution < -0.4 is 27.4 Å². The highest BCUT2D eigenvalue weighted by atomic mass is 16.4. The molecule has 0 saturated carbocycles. The number of rotatable bonds is 15. The number of benzene rings is 3. The SMILES string of the molecule is NC(=O)CC(NC(=O)C(N)Cc1ccccc1)C(=O)NC(Cc1ccc(O)cc1)C(=O)NC(Cc1ccc(O)cc1)C(=O)O. The summed E-state index contributed by atoms with van der Waals surface area (Å²) in [7, 11) is 0. The maximum absolute atomic E-state index is 13.4. The molecule has 0 aliphatic heterocycles. The van der Waals surface area contributed by atoms with Crippen molar-refractivity contribution in [1.29, 1.82) is 0 Å². The molecule has 0 spiro atoms. The molecule has 10 N–H and O–H groups in total.